The monoisotopic (exact) mass is 307 g/mol. The van der Waals surface area contributed by atoms with Crippen molar-refractivity contribution in [3.05, 3.63) is 28.8 Å². The maximum absolute atomic E-state index is 12.2. The molecule has 2 amide bonds. The van der Waals surface area contributed by atoms with Gasteiger partial charge in [-0.15, -0.1) is 0 Å². The van der Waals surface area contributed by atoms with Crippen LogP contribution in [0.5, 0.6) is 0 Å². The van der Waals surface area contributed by atoms with E-state index in [1.54, 1.807) is 13.0 Å². The summed E-state index contributed by atoms with van der Waals surface area (Å²) in [7, 11) is 0. The number of hydrogen-bond donors (Lipinski definition) is 2. The van der Waals surface area contributed by atoms with E-state index in [0.29, 0.717) is 29.2 Å². The zero-order chi connectivity index (χ0) is 15.6. The highest BCUT2D eigenvalue weighted by atomic mass is 35.5. The third-order valence-corrected chi connectivity index (χ3v) is 3.91. The molecule has 0 radical (unpaired) electrons. The van der Waals surface area contributed by atoms with Gasteiger partial charge in [0.25, 0.3) is 0 Å². The van der Waals surface area contributed by atoms with E-state index in [4.69, 9.17) is 22.0 Å². The molecule has 2 rings (SSSR count). The Labute approximate surface area is 126 Å². The Hall–Kier alpha value is -2.26. The molecule has 0 bridgehead atoms. The maximum Gasteiger partial charge on any atom is 0.322 e. The third kappa shape index (κ3) is 3.09. The fourth-order valence-corrected chi connectivity index (χ4v) is 2.63. The second-order valence-electron chi connectivity index (χ2n) is 4.90. The molecule has 1 aliphatic heterocycles. The van der Waals surface area contributed by atoms with Crippen molar-refractivity contribution >= 4 is 29.3 Å². The first-order valence-corrected chi connectivity index (χ1v) is 6.82. The number of nitriles is 1. The van der Waals surface area contributed by atoms with Crippen LogP contribution in [0, 0.1) is 17.2 Å². The minimum absolute atomic E-state index is 0.300. The lowest BCUT2D eigenvalue weighted by atomic mass is 10.0. The number of rotatable bonds is 2. The number of hydrogen-bond acceptors (Lipinski definition) is 3. The summed E-state index contributed by atoms with van der Waals surface area (Å²) in [5.74, 6) is -1.47. The molecule has 0 spiro atoms. The minimum Gasteiger partial charge on any atom is -0.481 e. The van der Waals surface area contributed by atoms with Crippen LogP contribution in [0.25, 0.3) is 0 Å². The molecule has 2 atom stereocenters. The van der Waals surface area contributed by atoms with Crippen LogP contribution in [0.2, 0.25) is 5.02 Å². The summed E-state index contributed by atoms with van der Waals surface area (Å²) in [5, 5.41) is 21.1. The summed E-state index contributed by atoms with van der Waals surface area (Å²) in [6.07, 6.45) is 0.421. The van der Waals surface area contributed by atoms with Gasteiger partial charge >= 0.3 is 12.0 Å². The van der Waals surface area contributed by atoms with Gasteiger partial charge in [0.2, 0.25) is 0 Å². The van der Waals surface area contributed by atoms with Crippen molar-refractivity contribution in [2.75, 3.05) is 11.9 Å². The lowest BCUT2D eigenvalue weighted by Gasteiger charge is -2.23. The third-order valence-electron chi connectivity index (χ3n) is 3.68. The number of carboxylic acid groups (broad SMARTS) is 1. The van der Waals surface area contributed by atoms with Gasteiger partial charge in [-0.3, -0.25) is 4.79 Å². The van der Waals surface area contributed by atoms with E-state index < -0.39 is 24.0 Å². The largest absolute Gasteiger partial charge is 0.481 e. The van der Waals surface area contributed by atoms with Crippen molar-refractivity contribution in [2.45, 2.75) is 19.4 Å². The van der Waals surface area contributed by atoms with Crippen LogP contribution < -0.4 is 5.32 Å². The Kier molecular flexibility index (Phi) is 4.34. The molecular formula is C14H14ClN3O3. The average Bonchev–Trinajstić information content (AvgIpc) is 2.81. The molecule has 2 unspecified atom stereocenters. The van der Waals surface area contributed by atoms with Gasteiger partial charge in [0.15, 0.2) is 0 Å². The summed E-state index contributed by atoms with van der Waals surface area (Å²) in [5.41, 5.74) is 0.621. The van der Waals surface area contributed by atoms with E-state index in [1.807, 2.05) is 6.07 Å². The molecule has 110 valence electrons. The number of carboxylic acids is 1. The topological polar surface area (TPSA) is 93.4 Å². The molecule has 7 heteroatoms. The Balaban J connectivity index is 2.15. The van der Waals surface area contributed by atoms with Gasteiger partial charge in [0, 0.05) is 17.6 Å². The van der Waals surface area contributed by atoms with Crippen molar-refractivity contribution in [1.82, 2.24) is 4.90 Å². The van der Waals surface area contributed by atoms with E-state index in [2.05, 4.69) is 5.32 Å². The van der Waals surface area contributed by atoms with Crippen molar-refractivity contribution in [2.24, 2.45) is 5.92 Å². The van der Waals surface area contributed by atoms with Gasteiger partial charge in [-0.25, -0.2) is 4.79 Å². The fraction of sp³-hybridized carbons (Fsp3) is 0.357. The Morgan fingerprint density at radius 2 is 2.24 bits per heavy atom. The summed E-state index contributed by atoms with van der Waals surface area (Å²) in [6, 6.07) is 5.73. The van der Waals surface area contributed by atoms with E-state index in [1.165, 1.54) is 17.0 Å². The standard InChI is InChI=1S/C14H14ClN3O3/c1-8-11(13(19)20)4-5-18(8)14(21)17-12-6-10(15)3-2-9(12)7-16/h2-3,6,8,11H,4-5H2,1H3,(H,17,21)(H,19,20). The predicted molar refractivity (Wildman–Crippen MR) is 77.1 cm³/mol. The van der Waals surface area contributed by atoms with Crippen LogP contribution in [-0.4, -0.2) is 34.6 Å². The highest BCUT2D eigenvalue weighted by molar-refractivity contribution is 6.31. The number of nitrogens with one attached hydrogen (secondary N) is 1. The van der Waals surface area contributed by atoms with Crippen LogP contribution in [-0.2, 0) is 4.79 Å². The number of amides is 2. The Morgan fingerprint density at radius 1 is 1.52 bits per heavy atom. The molecule has 2 N–H and O–H groups in total. The first kappa shape index (κ1) is 15.1. The molecule has 1 fully saturated rings. The lowest BCUT2D eigenvalue weighted by molar-refractivity contribution is -0.142. The second kappa shape index (κ2) is 6.02. The maximum atomic E-state index is 12.2. The zero-order valence-electron chi connectivity index (χ0n) is 11.3. The van der Waals surface area contributed by atoms with Gasteiger partial charge in [-0.05, 0) is 31.5 Å². The van der Waals surface area contributed by atoms with E-state index >= 15 is 0 Å². The van der Waals surface area contributed by atoms with Gasteiger partial charge in [-0.1, -0.05) is 11.6 Å². The molecule has 0 aromatic heterocycles. The van der Waals surface area contributed by atoms with Crippen LogP contribution in [0.1, 0.15) is 18.9 Å². The number of carbonyl (C=O) groups is 2. The molecule has 0 aliphatic carbocycles. The molecule has 1 aliphatic rings. The molecule has 1 saturated heterocycles. The second-order valence-corrected chi connectivity index (χ2v) is 5.34. The van der Waals surface area contributed by atoms with Crippen molar-refractivity contribution in [1.29, 1.82) is 5.26 Å². The summed E-state index contributed by atoms with van der Waals surface area (Å²) in [4.78, 5) is 24.8. The van der Waals surface area contributed by atoms with Crippen molar-refractivity contribution in [3.8, 4) is 6.07 Å². The molecule has 21 heavy (non-hydrogen) atoms. The van der Waals surface area contributed by atoms with Crippen molar-refractivity contribution < 1.29 is 14.7 Å². The average molecular weight is 308 g/mol. The van der Waals surface area contributed by atoms with Crippen LogP contribution in [0.3, 0.4) is 0 Å². The normalized spacial score (nSPS) is 20.9. The SMILES string of the molecule is CC1C(C(=O)O)CCN1C(=O)Nc1cc(Cl)ccc1C#N. The first-order chi connectivity index (χ1) is 9.93. The Bertz CT molecular complexity index is 626. The molecular weight excluding hydrogens is 294 g/mol. The number of likely N-dealkylation sites (tertiary alicyclic amines) is 1. The number of benzene rings is 1. The van der Waals surface area contributed by atoms with Gasteiger partial charge < -0.3 is 15.3 Å². The molecule has 6 nitrogen and oxygen atoms in total. The fourth-order valence-electron chi connectivity index (χ4n) is 2.46. The highest BCUT2D eigenvalue weighted by Gasteiger charge is 2.38. The number of aliphatic carboxylic acids is 1. The van der Waals surface area contributed by atoms with Crippen LogP contribution >= 0.6 is 11.6 Å². The number of anilines is 1. The lowest BCUT2D eigenvalue weighted by Crippen LogP contribution is -2.40. The van der Waals surface area contributed by atoms with Gasteiger partial charge in [0.05, 0.1) is 17.2 Å². The quantitative estimate of drug-likeness (QED) is 0.878. The molecule has 0 saturated carbocycles. The van der Waals surface area contributed by atoms with Crippen molar-refractivity contribution in [3.63, 3.8) is 0 Å². The van der Waals surface area contributed by atoms with Crippen LogP contribution in [0.4, 0.5) is 10.5 Å². The van der Waals surface area contributed by atoms with E-state index in [-0.39, 0.29) is 0 Å². The van der Waals surface area contributed by atoms with Crippen LogP contribution in [0.15, 0.2) is 18.2 Å². The Morgan fingerprint density at radius 3 is 2.81 bits per heavy atom. The van der Waals surface area contributed by atoms with E-state index in [0.717, 1.165) is 0 Å². The molecule has 1 aromatic rings. The number of nitrogens with zero attached hydrogens (tertiary/aromatic N) is 2. The highest BCUT2D eigenvalue weighted by Crippen LogP contribution is 2.26. The molecule has 1 aromatic carbocycles. The number of halogens is 1. The summed E-state index contributed by atoms with van der Waals surface area (Å²) < 4.78 is 0. The first-order valence-electron chi connectivity index (χ1n) is 6.44. The minimum atomic E-state index is -0.904. The van der Waals surface area contributed by atoms with Gasteiger partial charge in [0.1, 0.15) is 6.07 Å². The summed E-state index contributed by atoms with van der Waals surface area (Å²) >= 11 is 5.86. The number of urea groups is 1. The smallest absolute Gasteiger partial charge is 0.322 e. The number of carbonyl (C=O) groups excluding carboxylic acids is 1. The van der Waals surface area contributed by atoms with E-state index in [9.17, 15) is 9.59 Å². The molecule has 1 heterocycles. The zero-order valence-corrected chi connectivity index (χ0v) is 12.1. The summed E-state index contributed by atoms with van der Waals surface area (Å²) in [6.45, 7) is 2.07. The predicted octanol–water partition coefficient (Wildman–Crippen LogP) is 2.54. The van der Waals surface area contributed by atoms with Gasteiger partial charge in [-0.2, -0.15) is 5.26 Å².